The van der Waals surface area contributed by atoms with Crippen LogP contribution in [-0.2, 0) is 4.79 Å². The lowest BCUT2D eigenvalue weighted by Gasteiger charge is -2.13. The van der Waals surface area contributed by atoms with Gasteiger partial charge in [0, 0.05) is 0 Å². The number of carbonyl (C=O) groups excluding carboxylic acids is 1. The molecule has 1 aromatic rings. The van der Waals surface area contributed by atoms with Crippen LogP contribution in [0.1, 0.15) is 10.4 Å². The first-order valence-corrected chi connectivity index (χ1v) is 5.01. The standard InChI is InChI=1S/C11H13NO6/c1-18-8-4-2-3-6(9(8)14)10(15)12-7(5-13)11(16)17/h2-4,7,13-14H,5H2,1H3,(H,12,15)(H,16,17)/t7-/m0/s1. The van der Waals surface area contributed by atoms with Gasteiger partial charge in [-0.25, -0.2) is 4.79 Å². The number of amides is 1. The summed E-state index contributed by atoms with van der Waals surface area (Å²) in [6, 6.07) is 2.81. The number of carboxylic acid groups (broad SMARTS) is 1. The summed E-state index contributed by atoms with van der Waals surface area (Å²) >= 11 is 0. The summed E-state index contributed by atoms with van der Waals surface area (Å²) in [5, 5.41) is 29.2. The number of aliphatic carboxylic acids is 1. The first-order chi connectivity index (χ1) is 8.51. The van der Waals surface area contributed by atoms with Gasteiger partial charge in [0.1, 0.15) is 0 Å². The van der Waals surface area contributed by atoms with Crippen LogP contribution in [0.4, 0.5) is 0 Å². The van der Waals surface area contributed by atoms with Crippen LogP contribution in [0.15, 0.2) is 18.2 Å². The average Bonchev–Trinajstić information content (AvgIpc) is 2.35. The van der Waals surface area contributed by atoms with Gasteiger partial charge < -0.3 is 25.4 Å². The Hall–Kier alpha value is -2.28. The minimum Gasteiger partial charge on any atom is -0.504 e. The quantitative estimate of drug-likeness (QED) is 0.567. The fourth-order valence-corrected chi connectivity index (χ4v) is 1.29. The van der Waals surface area contributed by atoms with Gasteiger partial charge in [0.15, 0.2) is 17.5 Å². The van der Waals surface area contributed by atoms with Crippen LogP contribution >= 0.6 is 0 Å². The largest absolute Gasteiger partial charge is 0.504 e. The SMILES string of the molecule is COc1cccc(C(=O)N[C@@H](CO)C(=O)O)c1O. The lowest BCUT2D eigenvalue weighted by Crippen LogP contribution is -2.43. The van der Waals surface area contributed by atoms with Crippen molar-refractivity contribution in [2.24, 2.45) is 0 Å². The highest BCUT2D eigenvalue weighted by Crippen LogP contribution is 2.29. The molecule has 7 nitrogen and oxygen atoms in total. The Morgan fingerprint density at radius 2 is 2.11 bits per heavy atom. The number of rotatable bonds is 5. The number of hydrogen-bond donors (Lipinski definition) is 4. The molecule has 0 aromatic heterocycles. The van der Waals surface area contributed by atoms with Gasteiger partial charge in [-0.2, -0.15) is 0 Å². The first kappa shape index (κ1) is 13.8. The lowest BCUT2D eigenvalue weighted by atomic mass is 10.1. The van der Waals surface area contributed by atoms with E-state index in [0.29, 0.717) is 0 Å². The highest BCUT2D eigenvalue weighted by molar-refractivity contribution is 5.99. The molecule has 1 amide bonds. The van der Waals surface area contributed by atoms with E-state index >= 15 is 0 Å². The maximum Gasteiger partial charge on any atom is 0.328 e. The van der Waals surface area contributed by atoms with Gasteiger partial charge in [-0.05, 0) is 12.1 Å². The molecule has 0 fully saturated rings. The summed E-state index contributed by atoms with van der Waals surface area (Å²) in [5.74, 6) is -2.47. The number of aliphatic hydroxyl groups excluding tert-OH is 1. The Labute approximate surface area is 103 Å². The molecule has 18 heavy (non-hydrogen) atoms. The molecule has 0 aliphatic heterocycles. The van der Waals surface area contributed by atoms with E-state index in [1.165, 1.54) is 25.3 Å². The highest BCUT2D eigenvalue weighted by Gasteiger charge is 2.22. The number of phenols is 1. The molecular formula is C11H13NO6. The molecule has 0 spiro atoms. The second-order valence-electron chi connectivity index (χ2n) is 3.40. The molecule has 0 heterocycles. The Kier molecular flexibility index (Phi) is 4.50. The summed E-state index contributed by atoms with van der Waals surface area (Å²) in [6.45, 7) is -0.744. The maximum absolute atomic E-state index is 11.7. The minimum absolute atomic E-state index is 0.0959. The van der Waals surface area contributed by atoms with Crippen LogP contribution in [-0.4, -0.2) is 47.0 Å². The summed E-state index contributed by atoms with van der Waals surface area (Å²) < 4.78 is 4.82. The van der Waals surface area contributed by atoms with Crippen molar-refractivity contribution in [2.75, 3.05) is 13.7 Å². The zero-order chi connectivity index (χ0) is 13.7. The molecule has 1 rings (SSSR count). The normalized spacial score (nSPS) is 11.7. The van der Waals surface area contributed by atoms with Crippen LogP contribution in [0.25, 0.3) is 0 Å². The summed E-state index contributed by atoms with van der Waals surface area (Å²) in [4.78, 5) is 22.3. The number of hydrogen-bond acceptors (Lipinski definition) is 5. The summed E-state index contributed by atoms with van der Waals surface area (Å²) in [7, 11) is 1.32. The predicted molar refractivity (Wildman–Crippen MR) is 60.6 cm³/mol. The van der Waals surface area contributed by atoms with Gasteiger partial charge >= 0.3 is 5.97 Å². The molecule has 0 aliphatic carbocycles. The van der Waals surface area contributed by atoms with E-state index in [1.807, 2.05) is 0 Å². The third-order valence-corrected chi connectivity index (χ3v) is 2.25. The monoisotopic (exact) mass is 255 g/mol. The van der Waals surface area contributed by atoms with E-state index in [0.717, 1.165) is 0 Å². The first-order valence-electron chi connectivity index (χ1n) is 5.01. The molecule has 1 aromatic carbocycles. The summed E-state index contributed by atoms with van der Waals surface area (Å²) in [5.41, 5.74) is -0.131. The lowest BCUT2D eigenvalue weighted by molar-refractivity contribution is -0.140. The van der Waals surface area contributed by atoms with Gasteiger partial charge in [-0.1, -0.05) is 6.07 Å². The molecule has 4 N–H and O–H groups in total. The molecule has 0 aliphatic rings. The van der Waals surface area contributed by atoms with Crippen molar-refractivity contribution < 1.29 is 29.6 Å². The van der Waals surface area contributed by atoms with E-state index < -0.39 is 24.5 Å². The molecule has 7 heteroatoms. The Morgan fingerprint density at radius 1 is 1.44 bits per heavy atom. The predicted octanol–water partition coefficient (Wildman–Crippen LogP) is -0.424. The van der Waals surface area contributed by atoms with Crippen LogP contribution in [0, 0.1) is 0 Å². The number of methoxy groups -OCH3 is 1. The van der Waals surface area contributed by atoms with Crippen LogP contribution < -0.4 is 10.1 Å². The van der Waals surface area contributed by atoms with Gasteiger partial charge in [0.25, 0.3) is 5.91 Å². The van der Waals surface area contributed by atoms with Crippen LogP contribution in [0.3, 0.4) is 0 Å². The molecule has 0 radical (unpaired) electrons. The minimum atomic E-state index is -1.43. The van der Waals surface area contributed by atoms with Crippen molar-refractivity contribution in [1.29, 1.82) is 0 Å². The van der Waals surface area contributed by atoms with Crippen molar-refractivity contribution in [3.63, 3.8) is 0 Å². The average molecular weight is 255 g/mol. The number of benzene rings is 1. The number of carboxylic acids is 1. The number of nitrogens with one attached hydrogen (secondary N) is 1. The Bertz CT molecular complexity index is 459. The number of para-hydroxylation sites is 1. The van der Waals surface area contributed by atoms with Gasteiger partial charge in [-0.15, -0.1) is 0 Å². The van der Waals surface area contributed by atoms with Crippen LogP contribution in [0.2, 0.25) is 0 Å². The Balaban J connectivity index is 2.94. The molecule has 0 bridgehead atoms. The number of aliphatic hydroxyl groups is 1. The van der Waals surface area contributed by atoms with Crippen molar-refractivity contribution >= 4 is 11.9 Å². The molecule has 0 saturated carbocycles. The second-order valence-corrected chi connectivity index (χ2v) is 3.40. The maximum atomic E-state index is 11.7. The highest BCUT2D eigenvalue weighted by atomic mass is 16.5. The number of aromatic hydroxyl groups is 1. The molecule has 0 unspecified atom stereocenters. The smallest absolute Gasteiger partial charge is 0.328 e. The van der Waals surface area contributed by atoms with E-state index in [4.69, 9.17) is 14.9 Å². The molecule has 0 saturated heterocycles. The third-order valence-electron chi connectivity index (χ3n) is 2.25. The fraction of sp³-hybridized carbons (Fsp3) is 0.273. The number of ether oxygens (including phenoxy) is 1. The third kappa shape index (κ3) is 2.89. The summed E-state index contributed by atoms with van der Waals surface area (Å²) in [6.07, 6.45) is 0. The fourth-order valence-electron chi connectivity index (χ4n) is 1.29. The zero-order valence-corrected chi connectivity index (χ0v) is 9.58. The van der Waals surface area contributed by atoms with E-state index in [2.05, 4.69) is 5.32 Å². The topological polar surface area (TPSA) is 116 Å². The molecule has 1 atom stereocenters. The molecule has 98 valence electrons. The van der Waals surface area contributed by atoms with Gasteiger partial charge in [0.05, 0.1) is 19.3 Å². The van der Waals surface area contributed by atoms with Crippen molar-refractivity contribution in [2.45, 2.75) is 6.04 Å². The van der Waals surface area contributed by atoms with E-state index in [9.17, 15) is 14.7 Å². The van der Waals surface area contributed by atoms with E-state index in [-0.39, 0.29) is 17.1 Å². The van der Waals surface area contributed by atoms with E-state index in [1.54, 1.807) is 0 Å². The molecular weight excluding hydrogens is 242 g/mol. The van der Waals surface area contributed by atoms with Crippen molar-refractivity contribution in [1.82, 2.24) is 5.32 Å². The number of phenolic OH excluding ortho intramolecular Hbond substituents is 1. The zero-order valence-electron chi connectivity index (χ0n) is 9.58. The Morgan fingerprint density at radius 3 is 2.61 bits per heavy atom. The van der Waals surface area contributed by atoms with Gasteiger partial charge in [0.2, 0.25) is 0 Å². The van der Waals surface area contributed by atoms with Crippen molar-refractivity contribution in [3.05, 3.63) is 23.8 Å². The second kappa shape index (κ2) is 5.87. The number of carbonyl (C=O) groups is 2. The van der Waals surface area contributed by atoms with Crippen LogP contribution in [0.5, 0.6) is 11.5 Å². The van der Waals surface area contributed by atoms with Crippen molar-refractivity contribution in [3.8, 4) is 11.5 Å². The van der Waals surface area contributed by atoms with Gasteiger partial charge in [-0.3, -0.25) is 4.79 Å².